The van der Waals surface area contributed by atoms with Gasteiger partial charge in [0.25, 0.3) is 0 Å². The van der Waals surface area contributed by atoms with E-state index in [0.717, 1.165) is 11.0 Å². The van der Waals surface area contributed by atoms with Crippen LogP contribution in [0.15, 0.2) is 23.6 Å². The molecule has 0 aliphatic heterocycles. The van der Waals surface area contributed by atoms with Gasteiger partial charge in [0, 0.05) is 33.5 Å². The molecule has 2 amide bonds. The van der Waals surface area contributed by atoms with Crippen molar-refractivity contribution < 1.29 is 33.6 Å². The van der Waals surface area contributed by atoms with E-state index in [-0.39, 0.29) is 18.4 Å². The first-order valence-corrected chi connectivity index (χ1v) is 8.05. The fourth-order valence-electron chi connectivity index (χ4n) is 1.52. The van der Waals surface area contributed by atoms with Crippen molar-refractivity contribution in [2.45, 2.75) is 12.3 Å². The Morgan fingerprint density at radius 2 is 1.96 bits per heavy atom. The summed E-state index contributed by atoms with van der Waals surface area (Å²) in [6.07, 6.45) is 2.47. The Bertz CT molecular complexity index is 448. The molecule has 0 aromatic rings. The molecule has 24 heavy (non-hydrogen) atoms. The zero-order valence-corrected chi connectivity index (χ0v) is 14.7. The number of ether oxygens (including phenoxy) is 3. The lowest BCUT2D eigenvalue weighted by molar-refractivity contribution is -0.140. The van der Waals surface area contributed by atoms with Crippen LogP contribution in [0.2, 0.25) is 0 Å². The second-order valence-electron chi connectivity index (χ2n) is 4.40. The molecule has 0 aliphatic rings. The molecule has 0 aromatic carbocycles. The molecule has 0 heterocycles. The van der Waals surface area contributed by atoms with Gasteiger partial charge in [-0.3, -0.25) is 14.5 Å². The van der Waals surface area contributed by atoms with E-state index in [2.05, 4.69) is 5.32 Å². The van der Waals surface area contributed by atoms with Crippen LogP contribution in [0.5, 0.6) is 0 Å². The third kappa shape index (κ3) is 9.12. The molecule has 9 nitrogen and oxygen atoms in total. The normalized spacial score (nSPS) is 14.7. The average molecular weight is 360 g/mol. The first kappa shape index (κ1) is 22.7. The van der Waals surface area contributed by atoms with Crippen LogP contribution in [-0.4, -0.2) is 81.7 Å². The van der Waals surface area contributed by atoms with Crippen LogP contribution in [0, 0.1) is 0 Å². The van der Waals surface area contributed by atoms with E-state index < -0.39 is 26.6 Å². The number of hydrogen-bond donors (Lipinski definition) is 3. The van der Waals surface area contributed by atoms with Gasteiger partial charge in [0.1, 0.15) is 14.0 Å². The molecule has 0 bridgehead atoms. The standard InChI is InChI=1S/C13H22BN2O7P/c1-15-12(18)4-5-16(9-17)13(8-22-3)23-10(7-21-2)6-11(14)24(19)20/h4-6,9-10,13,19-20H,7-8H2,1-3H3,(H,15,18)/b5-4-,11-6+. The van der Waals surface area contributed by atoms with Crippen LogP contribution in [0.25, 0.3) is 0 Å². The van der Waals surface area contributed by atoms with Gasteiger partial charge in [-0.2, -0.15) is 0 Å². The number of carbonyl (C=O) groups excluding carboxylic acids is 2. The number of hydrogen-bond acceptors (Lipinski definition) is 7. The molecule has 0 spiro atoms. The Labute approximate surface area is 143 Å². The summed E-state index contributed by atoms with van der Waals surface area (Å²) in [5.74, 6) is -0.401. The van der Waals surface area contributed by atoms with Crippen molar-refractivity contribution in [2.24, 2.45) is 0 Å². The lowest BCUT2D eigenvalue weighted by Gasteiger charge is -2.28. The Morgan fingerprint density at radius 3 is 2.42 bits per heavy atom. The van der Waals surface area contributed by atoms with Crippen molar-refractivity contribution in [1.82, 2.24) is 10.2 Å². The van der Waals surface area contributed by atoms with Gasteiger partial charge < -0.3 is 29.3 Å². The van der Waals surface area contributed by atoms with E-state index in [9.17, 15) is 9.59 Å². The SMILES string of the molecule is [B]/C(=C\C(COC)OC(COC)N(C=O)/C=C\C(=O)NC)P(O)O. The van der Waals surface area contributed by atoms with Gasteiger partial charge in [0.15, 0.2) is 14.6 Å². The van der Waals surface area contributed by atoms with Crippen LogP contribution in [-0.2, 0) is 23.8 Å². The minimum Gasteiger partial charge on any atom is -0.382 e. The fraction of sp³-hybridized carbons (Fsp3) is 0.538. The summed E-state index contributed by atoms with van der Waals surface area (Å²) >= 11 is 0. The Hall–Kier alpha value is -1.29. The van der Waals surface area contributed by atoms with E-state index in [1.54, 1.807) is 0 Å². The van der Waals surface area contributed by atoms with Gasteiger partial charge in [-0.05, 0) is 5.21 Å². The minimum absolute atomic E-state index is 0.00219. The number of rotatable bonds is 12. The smallest absolute Gasteiger partial charge is 0.245 e. The van der Waals surface area contributed by atoms with Crippen molar-refractivity contribution in [3.63, 3.8) is 0 Å². The molecule has 0 fully saturated rings. The van der Waals surface area contributed by atoms with Crippen LogP contribution in [0.3, 0.4) is 0 Å². The molecule has 0 aromatic heterocycles. The van der Waals surface area contributed by atoms with E-state index in [1.807, 2.05) is 0 Å². The maximum atomic E-state index is 11.3. The third-order valence-electron chi connectivity index (χ3n) is 2.66. The lowest BCUT2D eigenvalue weighted by atomic mass is 10.1. The predicted molar refractivity (Wildman–Crippen MR) is 88.7 cm³/mol. The highest BCUT2D eigenvalue weighted by Crippen LogP contribution is 2.32. The molecule has 11 heteroatoms. The van der Waals surface area contributed by atoms with Crippen LogP contribution < -0.4 is 5.32 Å². The van der Waals surface area contributed by atoms with Crippen molar-refractivity contribution in [3.8, 4) is 0 Å². The van der Waals surface area contributed by atoms with Gasteiger partial charge in [0.2, 0.25) is 12.3 Å². The first-order chi connectivity index (χ1) is 11.4. The number of methoxy groups -OCH3 is 2. The molecule has 0 saturated carbocycles. The molecule has 0 rings (SSSR count). The highest BCUT2D eigenvalue weighted by atomic mass is 31.2. The van der Waals surface area contributed by atoms with Crippen molar-refractivity contribution >= 4 is 28.5 Å². The van der Waals surface area contributed by atoms with Gasteiger partial charge >= 0.3 is 0 Å². The largest absolute Gasteiger partial charge is 0.382 e. The quantitative estimate of drug-likeness (QED) is 0.135. The maximum Gasteiger partial charge on any atom is 0.245 e. The Morgan fingerprint density at radius 1 is 1.33 bits per heavy atom. The van der Waals surface area contributed by atoms with E-state index >= 15 is 0 Å². The number of nitrogens with zero attached hydrogens (tertiary/aromatic N) is 1. The zero-order chi connectivity index (χ0) is 18.5. The molecular weight excluding hydrogens is 338 g/mol. The van der Waals surface area contributed by atoms with E-state index in [1.165, 1.54) is 33.5 Å². The molecule has 0 aliphatic carbocycles. The monoisotopic (exact) mass is 360 g/mol. The zero-order valence-electron chi connectivity index (χ0n) is 13.8. The van der Waals surface area contributed by atoms with Crippen LogP contribution in [0.4, 0.5) is 0 Å². The third-order valence-corrected chi connectivity index (χ3v) is 3.27. The van der Waals surface area contributed by atoms with Gasteiger partial charge in [-0.1, -0.05) is 6.08 Å². The lowest BCUT2D eigenvalue weighted by Crippen LogP contribution is -2.40. The number of amides is 2. The average Bonchev–Trinajstić information content (AvgIpc) is 2.55. The molecule has 2 unspecified atom stereocenters. The van der Waals surface area contributed by atoms with Crippen LogP contribution >= 0.6 is 8.38 Å². The van der Waals surface area contributed by atoms with Crippen molar-refractivity contribution in [2.75, 3.05) is 34.5 Å². The molecular formula is C13H22BN2O7P. The topological polar surface area (TPSA) is 118 Å². The van der Waals surface area contributed by atoms with Crippen molar-refractivity contribution in [1.29, 1.82) is 0 Å². The summed E-state index contributed by atoms with van der Waals surface area (Å²) in [5.41, 5.74) is 0. The fourth-order valence-corrected chi connectivity index (χ4v) is 1.82. The highest BCUT2D eigenvalue weighted by molar-refractivity contribution is 7.52. The highest BCUT2D eigenvalue weighted by Gasteiger charge is 2.21. The predicted octanol–water partition coefficient (Wildman–Crippen LogP) is -0.985. The summed E-state index contributed by atoms with van der Waals surface area (Å²) in [6, 6.07) is 0. The molecule has 2 atom stereocenters. The van der Waals surface area contributed by atoms with E-state index in [0.29, 0.717) is 6.41 Å². The van der Waals surface area contributed by atoms with Gasteiger partial charge in [-0.15, -0.1) is 0 Å². The van der Waals surface area contributed by atoms with Crippen molar-refractivity contribution in [3.05, 3.63) is 23.6 Å². The second-order valence-corrected chi connectivity index (χ2v) is 5.50. The molecule has 0 saturated heterocycles. The van der Waals surface area contributed by atoms with Gasteiger partial charge in [0.05, 0.1) is 13.2 Å². The van der Waals surface area contributed by atoms with Crippen LogP contribution in [0.1, 0.15) is 0 Å². The Kier molecular flexibility index (Phi) is 12.4. The number of carbonyl (C=O) groups is 2. The summed E-state index contributed by atoms with van der Waals surface area (Å²) in [5, 5.41) is 2.21. The summed E-state index contributed by atoms with van der Waals surface area (Å²) in [4.78, 5) is 41.8. The Balaban J connectivity index is 5.22. The number of likely N-dealkylation sites (N-methyl/N-ethyl adjacent to an activating group) is 1. The minimum atomic E-state index is -2.45. The summed E-state index contributed by atoms with van der Waals surface area (Å²) in [7, 11) is 7.33. The second kappa shape index (κ2) is 13.1. The number of nitrogens with one attached hydrogen (secondary N) is 1. The maximum absolute atomic E-state index is 11.3. The molecule has 3 N–H and O–H groups in total. The van der Waals surface area contributed by atoms with E-state index in [4.69, 9.17) is 31.8 Å². The molecule has 134 valence electrons. The molecule has 2 radical (unpaired) electrons. The first-order valence-electron chi connectivity index (χ1n) is 6.80. The summed E-state index contributed by atoms with van der Waals surface area (Å²) in [6.45, 7) is 0.0493. The van der Waals surface area contributed by atoms with Gasteiger partial charge in [-0.25, -0.2) is 0 Å². The summed E-state index contributed by atoms with van der Waals surface area (Å²) < 4.78 is 15.7.